The first kappa shape index (κ1) is 15.0. The van der Waals surface area contributed by atoms with Gasteiger partial charge in [0.15, 0.2) is 5.78 Å². The maximum absolute atomic E-state index is 13.1. The van der Waals surface area contributed by atoms with Crippen LogP contribution in [0.1, 0.15) is 21.7 Å². The Morgan fingerprint density at radius 2 is 1.72 bits per heavy atom. The summed E-state index contributed by atoms with van der Waals surface area (Å²) in [6, 6.07) is 20.7. The highest BCUT2D eigenvalue weighted by Gasteiger charge is 2.18. The molecule has 25 heavy (non-hydrogen) atoms. The number of aromatic nitrogens is 3. The zero-order chi connectivity index (χ0) is 17.1. The van der Waals surface area contributed by atoms with E-state index >= 15 is 0 Å². The molecule has 4 heteroatoms. The van der Waals surface area contributed by atoms with Gasteiger partial charge in [0.05, 0.1) is 16.6 Å². The van der Waals surface area contributed by atoms with Crippen molar-refractivity contribution in [3.63, 3.8) is 0 Å². The van der Waals surface area contributed by atoms with Gasteiger partial charge in [-0.15, -0.1) is 0 Å². The molecule has 1 N–H and O–H groups in total. The van der Waals surface area contributed by atoms with Crippen LogP contribution in [0.4, 0.5) is 0 Å². The number of ketones is 1. The molecule has 0 unspecified atom stereocenters. The van der Waals surface area contributed by atoms with Crippen LogP contribution in [0.2, 0.25) is 0 Å². The summed E-state index contributed by atoms with van der Waals surface area (Å²) in [5.74, 6) is 0.474. The minimum atomic E-state index is -0.0801. The fourth-order valence-corrected chi connectivity index (χ4v) is 2.69. The fraction of sp³-hybridized carbons (Fsp3) is 0. The summed E-state index contributed by atoms with van der Waals surface area (Å²) in [7, 11) is 0. The number of rotatable bonds is 4. The van der Waals surface area contributed by atoms with E-state index in [1.165, 1.54) is 0 Å². The van der Waals surface area contributed by atoms with Gasteiger partial charge in [-0.2, -0.15) is 0 Å². The maximum atomic E-state index is 13.1. The van der Waals surface area contributed by atoms with E-state index in [2.05, 4.69) is 15.0 Å². The Kier molecular flexibility index (Phi) is 3.92. The number of hydrogen-bond donors (Lipinski definition) is 1. The van der Waals surface area contributed by atoms with Crippen LogP contribution in [0.15, 0.2) is 79.1 Å². The molecule has 0 saturated heterocycles. The van der Waals surface area contributed by atoms with Crippen LogP contribution in [0, 0.1) is 0 Å². The number of carbonyl (C=O) groups is 1. The molecular formula is C21H15N3O. The lowest BCUT2D eigenvalue weighted by molar-refractivity contribution is 0.105. The molecular weight excluding hydrogens is 310 g/mol. The van der Waals surface area contributed by atoms with E-state index in [9.17, 15) is 4.79 Å². The molecule has 0 spiro atoms. The number of imidazole rings is 1. The van der Waals surface area contributed by atoms with Crippen molar-refractivity contribution in [2.24, 2.45) is 0 Å². The molecule has 0 aliphatic rings. The molecule has 4 aromatic rings. The quantitative estimate of drug-likeness (QED) is 0.447. The van der Waals surface area contributed by atoms with Crippen molar-refractivity contribution in [3.05, 3.63) is 96.1 Å². The molecule has 0 radical (unpaired) electrons. The van der Waals surface area contributed by atoms with E-state index in [1.54, 1.807) is 12.4 Å². The van der Waals surface area contributed by atoms with Gasteiger partial charge >= 0.3 is 0 Å². The lowest BCUT2D eigenvalue weighted by Crippen LogP contribution is -2.04. The summed E-state index contributed by atoms with van der Waals surface area (Å²) >= 11 is 0. The van der Waals surface area contributed by atoms with Crippen molar-refractivity contribution in [1.29, 1.82) is 0 Å². The van der Waals surface area contributed by atoms with Crippen LogP contribution in [0.25, 0.3) is 22.7 Å². The second-order valence-electron chi connectivity index (χ2n) is 5.64. The summed E-state index contributed by atoms with van der Waals surface area (Å²) in [6.07, 6.45) is 5.25. The lowest BCUT2D eigenvalue weighted by atomic mass is 10.0. The van der Waals surface area contributed by atoms with Gasteiger partial charge in [-0.3, -0.25) is 9.78 Å². The first-order valence-electron chi connectivity index (χ1n) is 7.98. The number of Topliss-reactive ketones (excluding diaryl/α,β-unsaturated/α-hetero) is 1. The molecule has 120 valence electrons. The molecule has 0 aliphatic heterocycles. The molecule has 2 aromatic heterocycles. The van der Waals surface area contributed by atoms with E-state index in [0.29, 0.717) is 17.0 Å². The maximum Gasteiger partial charge on any atom is 0.196 e. The average Bonchev–Trinajstić information content (AvgIpc) is 3.11. The van der Waals surface area contributed by atoms with Gasteiger partial charge in [-0.05, 0) is 29.8 Å². The summed E-state index contributed by atoms with van der Waals surface area (Å²) in [5, 5.41) is 0. The van der Waals surface area contributed by atoms with Crippen LogP contribution in [0.3, 0.4) is 0 Å². The largest absolute Gasteiger partial charge is 0.338 e. The second kappa shape index (κ2) is 6.53. The van der Waals surface area contributed by atoms with E-state index in [0.717, 1.165) is 16.6 Å². The van der Waals surface area contributed by atoms with Crippen molar-refractivity contribution in [2.45, 2.75) is 0 Å². The Hall–Kier alpha value is -3.53. The van der Waals surface area contributed by atoms with Crippen molar-refractivity contribution >= 4 is 28.5 Å². The Balaban J connectivity index is 1.86. The summed E-state index contributed by atoms with van der Waals surface area (Å²) in [4.78, 5) is 25.0. The Bertz CT molecular complexity index is 1020. The molecule has 2 heterocycles. The molecule has 0 saturated carbocycles. The van der Waals surface area contributed by atoms with Gasteiger partial charge in [0, 0.05) is 18.0 Å². The number of H-pyrrole nitrogens is 1. The number of hydrogen-bond acceptors (Lipinski definition) is 3. The standard InChI is InChI=1S/C21H15N3O/c25-20(16-8-2-1-3-9-16)17(13-15-7-6-12-22-14-15)21-23-18-10-4-5-11-19(18)24-21/h1-14H,(H,23,24)/b17-13-. The SMILES string of the molecule is O=C(/C(=C/c1cccnc1)c1nc2ccccc2[nH]1)c1ccccc1. The highest BCUT2D eigenvalue weighted by atomic mass is 16.1. The summed E-state index contributed by atoms with van der Waals surface area (Å²) in [6.45, 7) is 0. The average molecular weight is 325 g/mol. The minimum Gasteiger partial charge on any atom is -0.338 e. The van der Waals surface area contributed by atoms with Gasteiger partial charge in [0.25, 0.3) is 0 Å². The number of nitrogens with one attached hydrogen (secondary N) is 1. The normalized spacial score (nSPS) is 11.6. The third-order valence-electron chi connectivity index (χ3n) is 3.92. The first-order valence-corrected chi connectivity index (χ1v) is 7.98. The number of carbonyl (C=O) groups excluding carboxylic acids is 1. The number of pyridine rings is 1. The van der Waals surface area contributed by atoms with Crippen LogP contribution in [-0.2, 0) is 0 Å². The van der Waals surface area contributed by atoms with Gasteiger partial charge < -0.3 is 4.98 Å². The van der Waals surface area contributed by atoms with Gasteiger partial charge in [0.1, 0.15) is 5.82 Å². The Morgan fingerprint density at radius 1 is 0.920 bits per heavy atom. The minimum absolute atomic E-state index is 0.0801. The molecule has 0 bridgehead atoms. The number of para-hydroxylation sites is 2. The molecule has 4 rings (SSSR count). The smallest absolute Gasteiger partial charge is 0.196 e. The van der Waals surface area contributed by atoms with Crippen LogP contribution in [0.5, 0.6) is 0 Å². The molecule has 4 nitrogen and oxygen atoms in total. The third-order valence-corrected chi connectivity index (χ3v) is 3.92. The lowest BCUT2D eigenvalue weighted by Gasteiger charge is -2.05. The van der Waals surface area contributed by atoms with E-state index in [-0.39, 0.29) is 5.78 Å². The molecule has 0 amide bonds. The van der Waals surface area contributed by atoms with Crippen molar-refractivity contribution in [1.82, 2.24) is 15.0 Å². The fourth-order valence-electron chi connectivity index (χ4n) is 2.69. The van der Waals surface area contributed by atoms with E-state index in [4.69, 9.17) is 0 Å². The van der Waals surface area contributed by atoms with Gasteiger partial charge in [0.2, 0.25) is 0 Å². The molecule has 0 fully saturated rings. The monoisotopic (exact) mass is 325 g/mol. The van der Waals surface area contributed by atoms with Crippen molar-refractivity contribution in [2.75, 3.05) is 0 Å². The van der Waals surface area contributed by atoms with Gasteiger partial charge in [-0.25, -0.2) is 4.98 Å². The predicted molar refractivity (Wildman–Crippen MR) is 99.0 cm³/mol. The number of allylic oxidation sites excluding steroid dienone is 1. The zero-order valence-corrected chi connectivity index (χ0v) is 13.4. The Morgan fingerprint density at radius 3 is 2.48 bits per heavy atom. The predicted octanol–water partition coefficient (Wildman–Crippen LogP) is 4.38. The highest BCUT2D eigenvalue weighted by molar-refractivity contribution is 6.31. The van der Waals surface area contributed by atoms with Crippen LogP contribution < -0.4 is 0 Å². The first-order chi connectivity index (χ1) is 12.3. The summed E-state index contributed by atoms with van der Waals surface area (Å²) < 4.78 is 0. The number of benzene rings is 2. The highest BCUT2D eigenvalue weighted by Crippen LogP contribution is 2.23. The van der Waals surface area contributed by atoms with Crippen molar-refractivity contribution < 1.29 is 4.79 Å². The number of nitrogens with zero attached hydrogens (tertiary/aromatic N) is 2. The number of fused-ring (bicyclic) bond motifs is 1. The van der Waals surface area contributed by atoms with Crippen LogP contribution >= 0.6 is 0 Å². The topological polar surface area (TPSA) is 58.6 Å². The molecule has 0 atom stereocenters. The summed E-state index contributed by atoms with van der Waals surface area (Å²) in [5.41, 5.74) is 3.71. The molecule has 2 aromatic carbocycles. The zero-order valence-electron chi connectivity index (χ0n) is 13.4. The second-order valence-corrected chi connectivity index (χ2v) is 5.64. The third kappa shape index (κ3) is 3.10. The van der Waals surface area contributed by atoms with Gasteiger partial charge in [-0.1, -0.05) is 48.5 Å². The van der Waals surface area contributed by atoms with E-state index < -0.39 is 0 Å². The van der Waals surface area contributed by atoms with E-state index in [1.807, 2.05) is 72.8 Å². The molecule has 0 aliphatic carbocycles. The Labute approximate surface area is 144 Å². The van der Waals surface area contributed by atoms with Crippen molar-refractivity contribution in [3.8, 4) is 0 Å². The van der Waals surface area contributed by atoms with Crippen LogP contribution in [-0.4, -0.2) is 20.7 Å². The number of aromatic amines is 1.